The number of benzene rings is 1. The molecule has 0 saturated carbocycles. The van der Waals surface area contributed by atoms with Gasteiger partial charge in [-0.3, -0.25) is 0 Å². The second kappa shape index (κ2) is 7.91. The molecule has 0 spiro atoms. The van der Waals surface area contributed by atoms with Crippen LogP contribution in [0.3, 0.4) is 0 Å². The first-order valence-electron chi connectivity index (χ1n) is 7.74. The molecule has 1 aliphatic heterocycles. The molecule has 3 aromatic rings. The van der Waals surface area contributed by atoms with Crippen LogP contribution in [0.1, 0.15) is 12.5 Å². The van der Waals surface area contributed by atoms with Crippen molar-refractivity contribution in [2.24, 2.45) is 0 Å². The Morgan fingerprint density at radius 1 is 1.28 bits per heavy atom. The van der Waals surface area contributed by atoms with Gasteiger partial charge < -0.3 is 20.4 Å². The van der Waals surface area contributed by atoms with Crippen molar-refractivity contribution < 1.29 is 4.74 Å². The van der Waals surface area contributed by atoms with Crippen LogP contribution in [0.5, 0.6) is 5.75 Å². The topological polar surface area (TPSA) is 78.0 Å². The van der Waals surface area contributed by atoms with Crippen LogP contribution in [0.25, 0.3) is 22.2 Å². The molecule has 25 heavy (non-hydrogen) atoms. The fourth-order valence-electron chi connectivity index (χ4n) is 3.27. The summed E-state index contributed by atoms with van der Waals surface area (Å²) >= 11 is 0. The number of nitrogens with zero attached hydrogens (tertiary/aromatic N) is 3. The maximum atomic E-state index is 6.17. The van der Waals surface area contributed by atoms with Crippen LogP contribution >= 0.6 is 24.8 Å². The number of halogens is 2. The molecule has 1 fully saturated rings. The van der Waals surface area contributed by atoms with Gasteiger partial charge in [0.1, 0.15) is 23.5 Å². The Hall–Kier alpha value is -2.02. The number of anilines is 1. The van der Waals surface area contributed by atoms with Gasteiger partial charge in [-0.1, -0.05) is 12.1 Å². The van der Waals surface area contributed by atoms with Crippen molar-refractivity contribution in [3.05, 3.63) is 36.8 Å². The van der Waals surface area contributed by atoms with Crippen molar-refractivity contribution in [1.82, 2.24) is 19.9 Å². The van der Waals surface area contributed by atoms with Gasteiger partial charge in [-0.2, -0.15) is 0 Å². The zero-order valence-electron chi connectivity index (χ0n) is 13.8. The number of rotatable bonds is 3. The number of hydrogen-bond donors (Lipinski definition) is 2. The number of hydrogen-bond acceptors (Lipinski definition) is 5. The molecule has 0 amide bonds. The molecule has 0 bridgehead atoms. The molecule has 134 valence electrons. The SMILES string of the molecule is COc1cccc(-c2cn(C3CCNC3)c3ncnc(N)c23)c1.Cl.Cl. The van der Waals surface area contributed by atoms with Crippen LogP contribution in [-0.2, 0) is 0 Å². The van der Waals surface area contributed by atoms with Crippen LogP contribution in [0, 0.1) is 0 Å². The average Bonchev–Trinajstić information content (AvgIpc) is 3.23. The third-order valence-electron chi connectivity index (χ3n) is 4.45. The van der Waals surface area contributed by atoms with E-state index in [0.717, 1.165) is 47.4 Å². The highest BCUT2D eigenvalue weighted by Crippen LogP contribution is 2.36. The molecule has 1 aromatic carbocycles. The summed E-state index contributed by atoms with van der Waals surface area (Å²) in [5, 5.41) is 4.31. The molecule has 1 unspecified atom stereocenters. The minimum atomic E-state index is 0. The molecule has 1 aliphatic rings. The lowest BCUT2D eigenvalue weighted by molar-refractivity contribution is 0.415. The summed E-state index contributed by atoms with van der Waals surface area (Å²) in [6.07, 6.45) is 4.76. The molecule has 2 aromatic heterocycles. The van der Waals surface area contributed by atoms with Gasteiger partial charge in [0.05, 0.1) is 12.5 Å². The Morgan fingerprint density at radius 3 is 2.84 bits per heavy atom. The Balaban J connectivity index is 0.00000113. The average molecular weight is 382 g/mol. The number of aromatic nitrogens is 3. The molecular formula is C17H21Cl2N5O. The Kier molecular flexibility index (Phi) is 6.11. The number of methoxy groups -OCH3 is 1. The lowest BCUT2D eigenvalue weighted by Gasteiger charge is -2.11. The highest BCUT2D eigenvalue weighted by atomic mass is 35.5. The van der Waals surface area contributed by atoms with Crippen molar-refractivity contribution in [2.45, 2.75) is 12.5 Å². The maximum absolute atomic E-state index is 6.17. The van der Waals surface area contributed by atoms with Crippen LogP contribution < -0.4 is 15.8 Å². The van der Waals surface area contributed by atoms with E-state index in [1.807, 2.05) is 18.2 Å². The zero-order valence-corrected chi connectivity index (χ0v) is 15.4. The van der Waals surface area contributed by atoms with E-state index < -0.39 is 0 Å². The summed E-state index contributed by atoms with van der Waals surface area (Å²) in [5.74, 6) is 1.33. The van der Waals surface area contributed by atoms with E-state index in [1.165, 1.54) is 6.33 Å². The van der Waals surface area contributed by atoms with Crippen molar-refractivity contribution >= 4 is 41.7 Å². The van der Waals surface area contributed by atoms with Crippen molar-refractivity contribution in [3.63, 3.8) is 0 Å². The Labute approximate surface area is 158 Å². The lowest BCUT2D eigenvalue weighted by atomic mass is 10.1. The molecular weight excluding hydrogens is 361 g/mol. The van der Waals surface area contributed by atoms with E-state index in [2.05, 4.69) is 32.1 Å². The second-order valence-corrected chi connectivity index (χ2v) is 5.79. The predicted octanol–water partition coefficient (Wildman–Crippen LogP) is 3.07. The molecule has 8 heteroatoms. The fourth-order valence-corrected chi connectivity index (χ4v) is 3.27. The third-order valence-corrected chi connectivity index (χ3v) is 4.45. The van der Waals surface area contributed by atoms with Gasteiger partial charge >= 0.3 is 0 Å². The predicted molar refractivity (Wildman–Crippen MR) is 105 cm³/mol. The molecule has 0 radical (unpaired) electrons. The summed E-state index contributed by atoms with van der Waals surface area (Å²) in [5.41, 5.74) is 9.16. The van der Waals surface area contributed by atoms with E-state index in [-0.39, 0.29) is 24.8 Å². The summed E-state index contributed by atoms with van der Waals surface area (Å²) in [7, 11) is 1.67. The number of ether oxygens (including phenoxy) is 1. The van der Waals surface area contributed by atoms with Crippen molar-refractivity contribution in [3.8, 4) is 16.9 Å². The maximum Gasteiger partial charge on any atom is 0.146 e. The quantitative estimate of drug-likeness (QED) is 0.728. The van der Waals surface area contributed by atoms with Gasteiger partial charge in [0.15, 0.2) is 0 Å². The molecule has 3 N–H and O–H groups in total. The highest BCUT2D eigenvalue weighted by molar-refractivity contribution is 6.00. The first-order chi connectivity index (χ1) is 11.3. The highest BCUT2D eigenvalue weighted by Gasteiger charge is 2.22. The van der Waals surface area contributed by atoms with Gasteiger partial charge in [-0.25, -0.2) is 9.97 Å². The minimum Gasteiger partial charge on any atom is -0.497 e. The number of nitrogens with one attached hydrogen (secondary N) is 1. The summed E-state index contributed by atoms with van der Waals surface area (Å²) in [6.45, 7) is 1.98. The van der Waals surface area contributed by atoms with Gasteiger partial charge in [0.2, 0.25) is 0 Å². The molecule has 4 rings (SSSR count). The first kappa shape index (κ1) is 19.3. The van der Waals surface area contributed by atoms with Gasteiger partial charge in [-0.05, 0) is 30.7 Å². The molecule has 1 atom stereocenters. The van der Waals surface area contributed by atoms with E-state index in [1.54, 1.807) is 7.11 Å². The van der Waals surface area contributed by atoms with Crippen LogP contribution in [0.2, 0.25) is 0 Å². The Morgan fingerprint density at radius 2 is 2.12 bits per heavy atom. The van der Waals surface area contributed by atoms with Gasteiger partial charge in [0.25, 0.3) is 0 Å². The van der Waals surface area contributed by atoms with E-state index in [0.29, 0.717) is 11.9 Å². The molecule has 0 aliphatic carbocycles. The second-order valence-electron chi connectivity index (χ2n) is 5.79. The van der Waals surface area contributed by atoms with Crippen LogP contribution in [-0.4, -0.2) is 34.7 Å². The first-order valence-corrected chi connectivity index (χ1v) is 7.74. The third kappa shape index (κ3) is 3.38. The largest absolute Gasteiger partial charge is 0.497 e. The number of nitrogens with two attached hydrogens (primary N) is 1. The van der Waals surface area contributed by atoms with Gasteiger partial charge in [0, 0.05) is 24.3 Å². The van der Waals surface area contributed by atoms with Crippen LogP contribution in [0.4, 0.5) is 5.82 Å². The summed E-state index contributed by atoms with van der Waals surface area (Å²) in [6, 6.07) is 8.38. The Bertz CT molecular complexity index is 861. The van der Waals surface area contributed by atoms with Crippen molar-refractivity contribution in [2.75, 3.05) is 25.9 Å². The fraction of sp³-hybridized carbons (Fsp3) is 0.294. The monoisotopic (exact) mass is 381 g/mol. The molecule has 1 saturated heterocycles. The van der Waals surface area contributed by atoms with Gasteiger partial charge in [-0.15, -0.1) is 24.8 Å². The molecule has 6 nitrogen and oxygen atoms in total. The summed E-state index contributed by atoms with van der Waals surface area (Å²) < 4.78 is 7.57. The number of fused-ring (bicyclic) bond motifs is 1. The zero-order chi connectivity index (χ0) is 15.8. The normalized spacial score (nSPS) is 16.3. The minimum absolute atomic E-state index is 0. The van der Waals surface area contributed by atoms with Crippen molar-refractivity contribution in [1.29, 1.82) is 0 Å². The smallest absolute Gasteiger partial charge is 0.146 e. The van der Waals surface area contributed by atoms with E-state index in [9.17, 15) is 0 Å². The summed E-state index contributed by atoms with van der Waals surface area (Å²) in [4.78, 5) is 8.67. The molecule has 3 heterocycles. The number of nitrogen functional groups attached to an aromatic ring is 1. The van der Waals surface area contributed by atoms with E-state index >= 15 is 0 Å². The standard InChI is InChI=1S/C17H19N5O.2ClH/c1-23-13-4-2-3-11(7-13)14-9-22(12-5-6-19-8-12)17-15(14)16(18)20-10-21-17;;/h2-4,7,9-10,12,19H,5-6,8H2,1H3,(H2,18,20,21);2*1H. The van der Waals surface area contributed by atoms with Crippen LogP contribution in [0.15, 0.2) is 36.8 Å². The van der Waals surface area contributed by atoms with E-state index in [4.69, 9.17) is 10.5 Å². The lowest BCUT2D eigenvalue weighted by Crippen LogP contribution is -2.13.